The first-order chi connectivity index (χ1) is 6.52. The van der Waals surface area contributed by atoms with Gasteiger partial charge in [-0.05, 0) is 30.9 Å². The first kappa shape index (κ1) is 11.3. The lowest BCUT2D eigenvalue weighted by Gasteiger charge is -2.29. The summed E-state index contributed by atoms with van der Waals surface area (Å²) in [6.45, 7) is 8.66. The quantitative estimate of drug-likeness (QED) is 0.713. The van der Waals surface area contributed by atoms with Gasteiger partial charge in [0.1, 0.15) is 0 Å². The van der Waals surface area contributed by atoms with E-state index in [0.717, 1.165) is 0 Å². The molecule has 0 unspecified atom stereocenters. The van der Waals surface area contributed by atoms with Crippen LogP contribution >= 0.6 is 0 Å². The standard InChI is InChI=1S/C13H20O/c1-10(2)13(9-14)7-5-11(3)12(4)6-8-13/h5-8,10,14H,9H2,1-4H3. The van der Waals surface area contributed by atoms with Gasteiger partial charge < -0.3 is 5.11 Å². The van der Waals surface area contributed by atoms with Crippen LogP contribution in [-0.2, 0) is 0 Å². The molecule has 0 fully saturated rings. The minimum atomic E-state index is -0.182. The van der Waals surface area contributed by atoms with Crippen LogP contribution in [0.4, 0.5) is 0 Å². The van der Waals surface area contributed by atoms with Crippen LogP contribution in [0.25, 0.3) is 0 Å². The molecular weight excluding hydrogens is 172 g/mol. The third kappa shape index (κ3) is 1.98. The molecule has 0 atom stereocenters. The van der Waals surface area contributed by atoms with Crippen molar-refractivity contribution in [1.29, 1.82) is 0 Å². The largest absolute Gasteiger partial charge is 0.395 e. The third-order valence-electron chi connectivity index (χ3n) is 3.26. The van der Waals surface area contributed by atoms with E-state index in [-0.39, 0.29) is 12.0 Å². The van der Waals surface area contributed by atoms with Gasteiger partial charge in [-0.1, -0.05) is 38.2 Å². The maximum Gasteiger partial charge on any atom is 0.0559 e. The Kier molecular flexibility index (Phi) is 3.33. The highest BCUT2D eigenvalue weighted by Crippen LogP contribution is 2.33. The molecule has 1 heteroatoms. The van der Waals surface area contributed by atoms with Crippen molar-refractivity contribution in [2.24, 2.45) is 11.3 Å². The molecule has 78 valence electrons. The number of rotatable bonds is 2. The summed E-state index contributed by atoms with van der Waals surface area (Å²) in [6, 6.07) is 0. The average molecular weight is 192 g/mol. The van der Waals surface area contributed by atoms with Gasteiger partial charge >= 0.3 is 0 Å². The molecule has 0 saturated carbocycles. The molecule has 1 aliphatic rings. The molecule has 0 amide bonds. The number of aliphatic hydroxyl groups is 1. The molecule has 0 aromatic heterocycles. The number of hydrogen-bond donors (Lipinski definition) is 1. The van der Waals surface area contributed by atoms with Gasteiger partial charge in [0.15, 0.2) is 0 Å². The van der Waals surface area contributed by atoms with Crippen LogP contribution < -0.4 is 0 Å². The van der Waals surface area contributed by atoms with Crippen molar-refractivity contribution in [3.63, 3.8) is 0 Å². The molecule has 0 saturated heterocycles. The minimum Gasteiger partial charge on any atom is -0.395 e. The molecule has 1 nitrogen and oxygen atoms in total. The highest BCUT2D eigenvalue weighted by Gasteiger charge is 2.27. The van der Waals surface area contributed by atoms with Gasteiger partial charge in [-0.2, -0.15) is 0 Å². The summed E-state index contributed by atoms with van der Waals surface area (Å²) >= 11 is 0. The normalized spacial score (nSPS) is 20.4. The predicted molar refractivity (Wildman–Crippen MR) is 61.0 cm³/mol. The van der Waals surface area contributed by atoms with Crippen LogP contribution in [-0.4, -0.2) is 11.7 Å². The first-order valence-electron chi connectivity index (χ1n) is 5.18. The summed E-state index contributed by atoms with van der Waals surface area (Å²) in [5, 5.41) is 9.49. The molecule has 0 heterocycles. The van der Waals surface area contributed by atoms with Crippen molar-refractivity contribution in [2.75, 3.05) is 6.61 Å². The Morgan fingerprint density at radius 2 is 1.57 bits per heavy atom. The van der Waals surface area contributed by atoms with Gasteiger partial charge in [0.25, 0.3) is 0 Å². The number of aliphatic hydroxyl groups excluding tert-OH is 1. The second-order valence-electron chi connectivity index (χ2n) is 4.46. The Hall–Kier alpha value is -0.820. The first-order valence-corrected chi connectivity index (χ1v) is 5.18. The molecular formula is C13H20O. The summed E-state index contributed by atoms with van der Waals surface area (Å²) in [6.07, 6.45) is 8.48. The summed E-state index contributed by atoms with van der Waals surface area (Å²) in [7, 11) is 0. The van der Waals surface area contributed by atoms with Crippen LogP contribution in [0.2, 0.25) is 0 Å². The monoisotopic (exact) mass is 192 g/mol. The average Bonchev–Trinajstić information content (AvgIpc) is 2.30. The number of allylic oxidation sites excluding steroid dienone is 4. The van der Waals surface area contributed by atoms with Crippen molar-refractivity contribution in [3.05, 3.63) is 35.5 Å². The van der Waals surface area contributed by atoms with Gasteiger partial charge in [-0.15, -0.1) is 0 Å². The SMILES string of the molecule is CC1=C(C)C=CC(CO)(C(C)C)C=C1. The molecule has 0 aromatic rings. The van der Waals surface area contributed by atoms with Gasteiger partial charge in [-0.3, -0.25) is 0 Å². The van der Waals surface area contributed by atoms with Crippen molar-refractivity contribution < 1.29 is 5.11 Å². The van der Waals surface area contributed by atoms with Crippen LogP contribution in [0.3, 0.4) is 0 Å². The Morgan fingerprint density at radius 1 is 1.14 bits per heavy atom. The van der Waals surface area contributed by atoms with E-state index in [2.05, 4.69) is 52.0 Å². The summed E-state index contributed by atoms with van der Waals surface area (Å²) in [5.41, 5.74) is 2.37. The topological polar surface area (TPSA) is 20.2 Å². The lowest BCUT2D eigenvalue weighted by Crippen LogP contribution is -2.26. The number of hydrogen-bond acceptors (Lipinski definition) is 1. The minimum absolute atomic E-state index is 0.179. The summed E-state index contributed by atoms with van der Waals surface area (Å²) in [5.74, 6) is 0.415. The Balaban J connectivity index is 3.08. The molecule has 0 spiro atoms. The zero-order valence-electron chi connectivity index (χ0n) is 9.54. The van der Waals surface area contributed by atoms with Gasteiger partial charge in [0.2, 0.25) is 0 Å². The molecule has 1 aliphatic carbocycles. The molecule has 0 aliphatic heterocycles. The molecule has 14 heavy (non-hydrogen) atoms. The van der Waals surface area contributed by atoms with E-state index in [4.69, 9.17) is 0 Å². The second kappa shape index (κ2) is 4.14. The molecule has 1 N–H and O–H groups in total. The van der Waals surface area contributed by atoms with Crippen molar-refractivity contribution >= 4 is 0 Å². The van der Waals surface area contributed by atoms with E-state index >= 15 is 0 Å². The third-order valence-corrected chi connectivity index (χ3v) is 3.26. The van der Waals surface area contributed by atoms with Crippen molar-refractivity contribution in [2.45, 2.75) is 27.7 Å². The molecule has 0 radical (unpaired) electrons. The Morgan fingerprint density at radius 3 is 1.86 bits per heavy atom. The Labute approximate surface area is 86.8 Å². The highest BCUT2D eigenvalue weighted by molar-refractivity contribution is 5.36. The van der Waals surface area contributed by atoms with E-state index in [1.54, 1.807) is 0 Å². The fourth-order valence-corrected chi connectivity index (χ4v) is 1.55. The zero-order valence-corrected chi connectivity index (χ0v) is 9.54. The van der Waals surface area contributed by atoms with Crippen molar-refractivity contribution in [3.8, 4) is 0 Å². The van der Waals surface area contributed by atoms with Gasteiger partial charge in [0.05, 0.1) is 6.61 Å². The lowest BCUT2D eigenvalue weighted by atomic mass is 9.77. The van der Waals surface area contributed by atoms with Gasteiger partial charge in [0, 0.05) is 5.41 Å². The fraction of sp³-hybridized carbons (Fsp3) is 0.538. The molecule has 0 bridgehead atoms. The lowest BCUT2D eigenvalue weighted by molar-refractivity contribution is 0.165. The van der Waals surface area contributed by atoms with Crippen LogP contribution in [0.1, 0.15) is 27.7 Å². The molecule has 1 rings (SSSR count). The fourth-order valence-electron chi connectivity index (χ4n) is 1.55. The predicted octanol–water partition coefficient (Wildman–Crippen LogP) is 3.08. The highest BCUT2D eigenvalue weighted by atomic mass is 16.3. The zero-order chi connectivity index (χ0) is 10.8. The van der Waals surface area contributed by atoms with E-state index in [1.807, 2.05) is 0 Å². The summed E-state index contributed by atoms with van der Waals surface area (Å²) < 4.78 is 0. The van der Waals surface area contributed by atoms with Crippen LogP contribution in [0.15, 0.2) is 35.5 Å². The van der Waals surface area contributed by atoms with Crippen LogP contribution in [0, 0.1) is 11.3 Å². The molecule has 0 aromatic carbocycles. The van der Waals surface area contributed by atoms with Crippen LogP contribution in [0.5, 0.6) is 0 Å². The smallest absolute Gasteiger partial charge is 0.0559 e. The second-order valence-corrected chi connectivity index (χ2v) is 4.46. The Bertz CT molecular complexity index is 270. The maximum absolute atomic E-state index is 9.49. The van der Waals surface area contributed by atoms with Crippen molar-refractivity contribution in [1.82, 2.24) is 0 Å². The maximum atomic E-state index is 9.49. The van der Waals surface area contributed by atoms with Gasteiger partial charge in [-0.25, -0.2) is 0 Å². The van der Waals surface area contributed by atoms with E-state index in [0.29, 0.717) is 5.92 Å². The van der Waals surface area contributed by atoms with E-state index < -0.39 is 0 Å². The van der Waals surface area contributed by atoms with E-state index in [1.165, 1.54) is 11.1 Å². The summed E-state index contributed by atoms with van der Waals surface area (Å²) in [4.78, 5) is 0. The van der Waals surface area contributed by atoms with E-state index in [9.17, 15) is 5.11 Å².